The van der Waals surface area contributed by atoms with Gasteiger partial charge in [0.15, 0.2) is 0 Å². The third-order valence-electron chi connectivity index (χ3n) is 1.64. The standard InChI is InChI=1S/C9H11ClN2O2/c10-7-3-6(1-2-8(7)13)4-12-5-9(11)14/h1-3,12-13H,4-5H2,(H2,11,14). The minimum atomic E-state index is -0.408. The first kappa shape index (κ1) is 10.8. The van der Waals surface area contributed by atoms with Crippen LogP contribution in [0.5, 0.6) is 5.75 Å². The number of rotatable bonds is 4. The van der Waals surface area contributed by atoms with Gasteiger partial charge in [0.25, 0.3) is 0 Å². The Morgan fingerprint density at radius 1 is 1.57 bits per heavy atom. The minimum absolute atomic E-state index is 0.0466. The fourth-order valence-electron chi connectivity index (χ4n) is 0.990. The number of nitrogens with one attached hydrogen (secondary N) is 1. The van der Waals surface area contributed by atoms with Gasteiger partial charge in [0.2, 0.25) is 5.91 Å². The summed E-state index contributed by atoms with van der Waals surface area (Å²) in [6, 6.07) is 4.85. The Morgan fingerprint density at radius 3 is 2.86 bits per heavy atom. The molecule has 0 aliphatic carbocycles. The number of carbonyl (C=O) groups excluding carboxylic acids is 1. The van der Waals surface area contributed by atoms with Crippen LogP contribution in [0, 0.1) is 0 Å². The molecular formula is C9H11ClN2O2. The van der Waals surface area contributed by atoms with E-state index in [9.17, 15) is 4.79 Å². The number of hydrogen-bond acceptors (Lipinski definition) is 3. The molecule has 0 bridgehead atoms. The van der Waals surface area contributed by atoms with Crippen LogP contribution in [0.2, 0.25) is 5.02 Å². The van der Waals surface area contributed by atoms with Gasteiger partial charge in [-0.25, -0.2) is 0 Å². The summed E-state index contributed by atoms with van der Waals surface area (Å²) in [5, 5.41) is 12.3. The topological polar surface area (TPSA) is 75.4 Å². The maximum absolute atomic E-state index is 10.4. The van der Waals surface area contributed by atoms with Crippen molar-refractivity contribution in [1.29, 1.82) is 0 Å². The number of carbonyl (C=O) groups is 1. The monoisotopic (exact) mass is 214 g/mol. The summed E-state index contributed by atoms with van der Waals surface area (Å²) in [4.78, 5) is 10.4. The van der Waals surface area contributed by atoms with E-state index >= 15 is 0 Å². The third-order valence-corrected chi connectivity index (χ3v) is 1.94. The van der Waals surface area contributed by atoms with Gasteiger partial charge in [-0.15, -0.1) is 0 Å². The van der Waals surface area contributed by atoms with E-state index in [-0.39, 0.29) is 12.3 Å². The van der Waals surface area contributed by atoms with Crippen LogP contribution in [-0.2, 0) is 11.3 Å². The predicted octanol–water partition coefficient (Wildman–Crippen LogP) is 0.621. The molecule has 1 amide bonds. The van der Waals surface area contributed by atoms with Gasteiger partial charge in [-0.2, -0.15) is 0 Å². The van der Waals surface area contributed by atoms with E-state index in [0.717, 1.165) is 5.56 Å². The van der Waals surface area contributed by atoms with Crippen molar-refractivity contribution in [3.63, 3.8) is 0 Å². The highest BCUT2D eigenvalue weighted by Gasteiger charge is 2.00. The highest BCUT2D eigenvalue weighted by Crippen LogP contribution is 2.23. The van der Waals surface area contributed by atoms with E-state index in [1.54, 1.807) is 12.1 Å². The molecule has 0 aromatic heterocycles. The smallest absolute Gasteiger partial charge is 0.231 e. The normalized spacial score (nSPS) is 10.1. The Labute approximate surface area is 86.7 Å². The lowest BCUT2D eigenvalue weighted by Gasteiger charge is -2.03. The van der Waals surface area contributed by atoms with Gasteiger partial charge in [0.05, 0.1) is 11.6 Å². The zero-order valence-corrected chi connectivity index (χ0v) is 8.21. The van der Waals surface area contributed by atoms with E-state index < -0.39 is 5.91 Å². The van der Waals surface area contributed by atoms with Crippen molar-refractivity contribution in [2.45, 2.75) is 6.54 Å². The fourth-order valence-corrected chi connectivity index (χ4v) is 1.19. The Kier molecular flexibility index (Phi) is 3.73. The Balaban J connectivity index is 2.51. The molecule has 0 atom stereocenters. The second kappa shape index (κ2) is 4.83. The second-order valence-electron chi connectivity index (χ2n) is 2.86. The average molecular weight is 215 g/mol. The molecule has 0 fully saturated rings. The van der Waals surface area contributed by atoms with Crippen molar-refractivity contribution in [1.82, 2.24) is 5.32 Å². The van der Waals surface area contributed by atoms with Gasteiger partial charge >= 0.3 is 0 Å². The maximum Gasteiger partial charge on any atom is 0.231 e. The molecule has 0 heterocycles. The number of halogens is 1. The van der Waals surface area contributed by atoms with Gasteiger partial charge < -0.3 is 16.2 Å². The molecule has 0 saturated carbocycles. The zero-order valence-electron chi connectivity index (χ0n) is 7.46. The van der Waals surface area contributed by atoms with Gasteiger partial charge in [-0.1, -0.05) is 17.7 Å². The largest absolute Gasteiger partial charge is 0.506 e. The van der Waals surface area contributed by atoms with Crippen LogP contribution < -0.4 is 11.1 Å². The lowest BCUT2D eigenvalue weighted by atomic mass is 10.2. The molecule has 1 aromatic rings. The number of phenolic OH excluding ortho intramolecular Hbond substituents is 1. The molecule has 1 rings (SSSR count). The van der Waals surface area contributed by atoms with E-state index in [0.29, 0.717) is 11.6 Å². The van der Waals surface area contributed by atoms with Crippen LogP contribution in [0.25, 0.3) is 0 Å². The summed E-state index contributed by atoms with van der Waals surface area (Å²) in [5.41, 5.74) is 5.83. The lowest BCUT2D eigenvalue weighted by molar-refractivity contribution is -0.117. The number of amides is 1. The number of nitrogens with two attached hydrogens (primary N) is 1. The molecule has 5 heteroatoms. The molecule has 0 aliphatic heterocycles. The summed E-state index contributed by atoms with van der Waals surface area (Å²) in [6.07, 6.45) is 0. The van der Waals surface area contributed by atoms with Crippen LogP contribution in [0.1, 0.15) is 5.56 Å². The highest BCUT2D eigenvalue weighted by atomic mass is 35.5. The first-order valence-corrected chi connectivity index (χ1v) is 4.44. The van der Waals surface area contributed by atoms with Crippen molar-refractivity contribution in [2.75, 3.05) is 6.54 Å². The quantitative estimate of drug-likeness (QED) is 0.688. The van der Waals surface area contributed by atoms with Gasteiger partial charge in [-0.05, 0) is 17.7 Å². The first-order chi connectivity index (χ1) is 6.59. The van der Waals surface area contributed by atoms with Crippen molar-refractivity contribution < 1.29 is 9.90 Å². The van der Waals surface area contributed by atoms with Gasteiger partial charge in [0.1, 0.15) is 5.75 Å². The number of phenols is 1. The molecule has 0 unspecified atom stereocenters. The summed E-state index contributed by atoms with van der Waals surface area (Å²) < 4.78 is 0. The predicted molar refractivity (Wildman–Crippen MR) is 54.0 cm³/mol. The minimum Gasteiger partial charge on any atom is -0.506 e. The second-order valence-corrected chi connectivity index (χ2v) is 3.26. The molecular weight excluding hydrogens is 204 g/mol. The third kappa shape index (κ3) is 3.24. The molecule has 0 radical (unpaired) electrons. The number of hydrogen-bond donors (Lipinski definition) is 3. The van der Waals surface area contributed by atoms with E-state index in [1.165, 1.54) is 6.07 Å². The fraction of sp³-hybridized carbons (Fsp3) is 0.222. The van der Waals surface area contributed by atoms with Crippen molar-refractivity contribution in [2.24, 2.45) is 5.73 Å². The Morgan fingerprint density at radius 2 is 2.29 bits per heavy atom. The van der Waals surface area contributed by atoms with Gasteiger partial charge in [-0.3, -0.25) is 4.79 Å². The van der Waals surface area contributed by atoms with Crippen LogP contribution in [0.15, 0.2) is 18.2 Å². The van der Waals surface area contributed by atoms with Crippen LogP contribution >= 0.6 is 11.6 Å². The number of primary amides is 1. The lowest BCUT2D eigenvalue weighted by Crippen LogP contribution is -2.28. The molecule has 4 N–H and O–H groups in total. The van der Waals surface area contributed by atoms with E-state index in [1.807, 2.05) is 0 Å². The van der Waals surface area contributed by atoms with Crippen molar-refractivity contribution in [3.8, 4) is 5.75 Å². The first-order valence-electron chi connectivity index (χ1n) is 4.06. The number of aromatic hydroxyl groups is 1. The molecule has 0 spiro atoms. The van der Waals surface area contributed by atoms with Crippen LogP contribution in [0.3, 0.4) is 0 Å². The Hall–Kier alpha value is -1.26. The van der Waals surface area contributed by atoms with Crippen LogP contribution in [0.4, 0.5) is 0 Å². The molecule has 14 heavy (non-hydrogen) atoms. The summed E-state index contributed by atoms with van der Waals surface area (Å²) in [7, 11) is 0. The zero-order chi connectivity index (χ0) is 10.6. The van der Waals surface area contributed by atoms with Crippen molar-refractivity contribution >= 4 is 17.5 Å². The molecule has 0 aliphatic rings. The Bertz CT molecular complexity index is 342. The number of benzene rings is 1. The average Bonchev–Trinajstić information content (AvgIpc) is 2.10. The van der Waals surface area contributed by atoms with E-state index in [4.69, 9.17) is 22.4 Å². The molecule has 76 valence electrons. The van der Waals surface area contributed by atoms with Crippen molar-refractivity contribution in [3.05, 3.63) is 28.8 Å². The summed E-state index contributed by atoms with van der Waals surface area (Å²) in [6.45, 7) is 0.613. The molecule has 1 aromatic carbocycles. The van der Waals surface area contributed by atoms with Crippen LogP contribution in [-0.4, -0.2) is 17.6 Å². The molecule has 4 nitrogen and oxygen atoms in total. The maximum atomic E-state index is 10.4. The van der Waals surface area contributed by atoms with Gasteiger partial charge in [0, 0.05) is 6.54 Å². The highest BCUT2D eigenvalue weighted by molar-refractivity contribution is 6.32. The summed E-state index contributed by atoms with van der Waals surface area (Å²) >= 11 is 5.69. The SMILES string of the molecule is NC(=O)CNCc1ccc(O)c(Cl)c1. The van der Waals surface area contributed by atoms with E-state index in [2.05, 4.69) is 5.32 Å². The molecule has 0 saturated heterocycles. The summed E-state index contributed by atoms with van der Waals surface area (Å²) in [5.74, 6) is -0.361.